The van der Waals surface area contributed by atoms with Crippen LogP contribution in [0.5, 0.6) is 0 Å². The Hall–Kier alpha value is -2.11. The highest BCUT2D eigenvalue weighted by Gasteiger charge is 2.61. The van der Waals surface area contributed by atoms with Gasteiger partial charge in [-0.05, 0) is 13.0 Å². The molecule has 0 radical (unpaired) electrons. The monoisotopic (exact) mass is 344 g/mol. The number of rotatable bonds is 2. The Labute approximate surface area is 125 Å². The molecule has 1 aliphatic rings. The molecule has 1 aliphatic heterocycles. The molecule has 23 heavy (non-hydrogen) atoms. The van der Waals surface area contributed by atoms with Gasteiger partial charge in [-0.1, -0.05) is 0 Å². The number of hydrogen-bond donors (Lipinski definition) is 1. The smallest absolute Gasteiger partial charge is 0.362 e. The van der Waals surface area contributed by atoms with Crippen molar-refractivity contribution in [2.24, 2.45) is 5.10 Å². The van der Waals surface area contributed by atoms with Crippen molar-refractivity contribution in [3.05, 3.63) is 17.5 Å². The molecule has 1 amide bonds. The first-order valence-corrected chi connectivity index (χ1v) is 6.12. The summed E-state index contributed by atoms with van der Waals surface area (Å²) in [4.78, 5) is 11.9. The molecule has 2 heterocycles. The number of carbonyl (C=O) groups is 1. The van der Waals surface area contributed by atoms with Crippen molar-refractivity contribution < 1.29 is 36.2 Å². The Morgan fingerprint density at radius 2 is 1.96 bits per heavy atom. The molecule has 1 atom stereocenters. The van der Waals surface area contributed by atoms with E-state index in [1.807, 2.05) is 0 Å². The van der Waals surface area contributed by atoms with Crippen LogP contribution in [0.1, 0.15) is 17.8 Å². The fourth-order valence-corrected chi connectivity index (χ4v) is 1.94. The Bertz CT molecular complexity index is 650. The molecular formula is C11H10F6N4O2. The third-order valence-electron chi connectivity index (χ3n) is 3.17. The van der Waals surface area contributed by atoms with Gasteiger partial charge in [-0.15, -0.1) is 0 Å². The first-order valence-electron chi connectivity index (χ1n) is 6.12. The van der Waals surface area contributed by atoms with Crippen LogP contribution in [0.2, 0.25) is 0 Å². The molecule has 1 aromatic rings. The highest BCUT2D eigenvalue weighted by molar-refractivity contribution is 5.80. The van der Waals surface area contributed by atoms with Crippen molar-refractivity contribution in [2.75, 3.05) is 0 Å². The van der Waals surface area contributed by atoms with Crippen LogP contribution in [0.3, 0.4) is 0 Å². The number of halogens is 6. The van der Waals surface area contributed by atoms with E-state index in [1.165, 1.54) is 6.92 Å². The van der Waals surface area contributed by atoms with Crippen LogP contribution in [-0.2, 0) is 17.5 Å². The summed E-state index contributed by atoms with van der Waals surface area (Å²) in [5.74, 6) is -1.35. The van der Waals surface area contributed by atoms with Crippen LogP contribution in [0.4, 0.5) is 26.3 Å². The fraction of sp³-hybridized carbons (Fsp3) is 0.545. The Morgan fingerprint density at radius 3 is 2.43 bits per heavy atom. The fourth-order valence-electron chi connectivity index (χ4n) is 1.94. The molecule has 0 bridgehead atoms. The van der Waals surface area contributed by atoms with Gasteiger partial charge in [-0.25, -0.2) is 0 Å². The number of hydrazone groups is 1. The molecule has 0 aromatic carbocycles. The van der Waals surface area contributed by atoms with Crippen LogP contribution >= 0.6 is 0 Å². The Morgan fingerprint density at radius 1 is 1.35 bits per heavy atom. The van der Waals surface area contributed by atoms with E-state index in [0.29, 0.717) is 17.0 Å². The summed E-state index contributed by atoms with van der Waals surface area (Å²) < 4.78 is 76.7. The zero-order valence-electron chi connectivity index (χ0n) is 11.5. The largest absolute Gasteiger partial charge is 0.438 e. The zero-order chi connectivity index (χ0) is 17.6. The molecule has 0 aliphatic carbocycles. The van der Waals surface area contributed by atoms with E-state index in [1.54, 1.807) is 0 Å². The van der Waals surface area contributed by atoms with Gasteiger partial charge in [0.15, 0.2) is 5.69 Å². The molecule has 0 saturated carbocycles. The lowest BCUT2D eigenvalue weighted by molar-refractivity contribution is -0.302. The Balaban J connectivity index is 2.23. The predicted molar refractivity (Wildman–Crippen MR) is 62.9 cm³/mol. The van der Waals surface area contributed by atoms with Crippen molar-refractivity contribution in [3.8, 4) is 0 Å². The van der Waals surface area contributed by atoms with Crippen molar-refractivity contribution in [1.82, 2.24) is 14.8 Å². The molecular weight excluding hydrogens is 334 g/mol. The maximum atomic E-state index is 12.8. The van der Waals surface area contributed by atoms with Crippen LogP contribution in [-0.4, -0.2) is 43.9 Å². The molecule has 1 aromatic heterocycles. The van der Waals surface area contributed by atoms with Gasteiger partial charge >= 0.3 is 12.4 Å². The van der Waals surface area contributed by atoms with Crippen LogP contribution in [0.25, 0.3) is 0 Å². The second kappa shape index (κ2) is 5.22. The van der Waals surface area contributed by atoms with E-state index in [0.717, 1.165) is 0 Å². The highest BCUT2D eigenvalue weighted by Crippen LogP contribution is 2.38. The van der Waals surface area contributed by atoms with E-state index < -0.39 is 42.6 Å². The Kier molecular flexibility index (Phi) is 3.91. The quantitative estimate of drug-likeness (QED) is 0.830. The molecule has 128 valence electrons. The van der Waals surface area contributed by atoms with E-state index in [9.17, 15) is 36.2 Å². The standard InChI is InChI=1S/C11H10F6N4O2/c1-6-4-7(10(12,13)14)19-20(6)5-8(22)21-9(23,2-3-18-21)11(15,16)17/h3-4,23H,2,5H2,1H3/t9-/m0/s1. The minimum absolute atomic E-state index is 0.0793. The van der Waals surface area contributed by atoms with Gasteiger partial charge < -0.3 is 5.11 Å². The van der Waals surface area contributed by atoms with Crippen LogP contribution < -0.4 is 0 Å². The molecule has 0 saturated heterocycles. The lowest BCUT2D eigenvalue weighted by Gasteiger charge is -2.32. The normalized spacial score (nSPS) is 22.0. The first kappa shape index (κ1) is 17.2. The average molecular weight is 344 g/mol. The molecule has 0 spiro atoms. The second-order valence-electron chi connectivity index (χ2n) is 4.85. The topological polar surface area (TPSA) is 70.7 Å². The predicted octanol–water partition coefficient (Wildman–Crippen LogP) is 1.68. The summed E-state index contributed by atoms with van der Waals surface area (Å²) in [5.41, 5.74) is -4.87. The maximum absolute atomic E-state index is 12.8. The summed E-state index contributed by atoms with van der Waals surface area (Å²) in [6.07, 6.45) is -10.2. The number of aliphatic hydroxyl groups is 1. The van der Waals surface area contributed by atoms with Crippen molar-refractivity contribution in [3.63, 3.8) is 0 Å². The minimum atomic E-state index is -5.17. The summed E-state index contributed by atoms with van der Waals surface area (Å²) in [6, 6.07) is 0.649. The minimum Gasteiger partial charge on any atom is -0.362 e. The van der Waals surface area contributed by atoms with Crippen molar-refractivity contribution in [2.45, 2.75) is 38.0 Å². The summed E-state index contributed by atoms with van der Waals surface area (Å²) in [7, 11) is 0. The SMILES string of the molecule is Cc1cc(C(F)(F)F)nn1CC(=O)N1N=CC[C@]1(O)C(F)(F)F. The number of hydrogen-bond acceptors (Lipinski definition) is 4. The van der Waals surface area contributed by atoms with Gasteiger partial charge in [0.1, 0.15) is 6.54 Å². The van der Waals surface area contributed by atoms with E-state index in [2.05, 4.69) is 10.2 Å². The molecule has 6 nitrogen and oxygen atoms in total. The van der Waals surface area contributed by atoms with Gasteiger partial charge in [-0.3, -0.25) is 9.48 Å². The maximum Gasteiger partial charge on any atom is 0.438 e. The molecule has 1 N–H and O–H groups in total. The van der Waals surface area contributed by atoms with E-state index >= 15 is 0 Å². The summed E-state index contributed by atoms with van der Waals surface area (Å²) in [5, 5.41) is 15.7. The van der Waals surface area contributed by atoms with Crippen molar-refractivity contribution in [1.29, 1.82) is 0 Å². The first-order chi connectivity index (χ1) is 10.4. The number of aryl methyl sites for hydroxylation is 1. The van der Waals surface area contributed by atoms with Gasteiger partial charge in [-0.2, -0.15) is 41.6 Å². The molecule has 12 heteroatoms. The lowest BCUT2D eigenvalue weighted by atomic mass is 10.1. The van der Waals surface area contributed by atoms with Gasteiger partial charge in [0, 0.05) is 18.3 Å². The zero-order valence-corrected chi connectivity index (χ0v) is 11.5. The summed E-state index contributed by atoms with van der Waals surface area (Å²) in [6.45, 7) is 0.274. The third-order valence-corrected chi connectivity index (χ3v) is 3.17. The van der Waals surface area contributed by atoms with Crippen LogP contribution in [0.15, 0.2) is 11.2 Å². The molecule has 0 fully saturated rings. The number of nitrogens with zero attached hydrogens (tertiary/aromatic N) is 4. The van der Waals surface area contributed by atoms with Crippen LogP contribution in [0, 0.1) is 6.92 Å². The molecule has 0 unspecified atom stereocenters. The average Bonchev–Trinajstić information content (AvgIpc) is 2.93. The number of amides is 1. The van der Waals surface area contributed by atoms with Gasteiger partial charge in [0.2, 0.25) is 0 Å². The second-order valence-corrected chi connectivity index (χ2v) is 4.85. The number of carbonyl (C=O) groups excluding carboxylic acids is 1. The van der Waals surface area contributed by atoms with Crippen molar-refractivity contribution >= 4 is 12.1 Å². The molecule has 2 rings (SSSR count). The highest BCUT2D eigenvalue weighted by atomic mass is 19.4. The summed E-state index contributed by atoms with van der Waals surface area (Å²) >= 11 is 0. The lowest BCUT2D eigenvalue weighted by Crippen LogP contribution is -2.57. The van der Waals surface area contributed by atoms with E-state index in [4.69, 9.17) is 0 Å². The third kappa shape index (κ3) is 3.02. The van der Waals surface area contributed by atoms with Gasteiger partial charge in [0.25, 0.3) is 11.6 Å². The number of alkyl halides is 6. The van der Waals surface area contributed by atoms with E-state index in [-0.39, 0.29) is 10.7 Å². The number of aromatic nitrogens is 2. The van der Waals surface area contributed by atoms with Gasteiger partial charge in [0.05, 0.1) is 0 Å².